The summed E-state index contributed by atoms with van der Waals surface area (Å²) in [6.07, 6.45) is 6.08. The quantitative estimate of drug-likeness (QED) is 0.798. The van der Waals surface area contributed by atoms with Crippen molar-refractivity contribution in [2.24, 2.45) is 0 Å². The average Bonchev–Trinajstić information content (AvgIpc) is 3.12. The second-order valence-electron chi connectivity index (χ2n) is 4.81. The fourth-order valence-electron chi connectivity index (χ4n) is 1.90. The van der Waals surface area contributed by atoms with E-state index in [0.29, 0.717) is 16.1 Å². The van der Waals surface area contributed by atoms with Gasteiger partial charge in [0.1, 0.15) is 0 Å². The van der Waals surface area contributed by atoms with E-state index in [1.165, 1.54) is 31.2 Å². The van der Waals surface area contributed by atoms with Crippen LogP contribution < -0.4 is 5.32 Å². The molecule has 0 unspecified atom stereocenters. The van der Waals surface area contributed by atoms with E-state index in [-0.39, 0.29) is 0 Å². The Balaban J connectivity index is 2.07. The van der Waals surface area contributed by atoms with E-state index in [1.807, 2.05) is 6.07 Å². The molecule has 0 aromatic heterocycles. The highest BCUT2D eigenvalue weighted by Crippen LogP contribution is 2.29. The van der Waals surface area contributed by atoms with Gasteiger partial charge < -0.3 is 5.32 Å². The molecule has 0 radical (unpaired) electrons. The third-order valence-electron chi connectivity index (χ3n) is 3.14. The first-order chi connectivity index (χ1) is 8.20. The maximum Gasteiger partial charge on any atom is 0.0637 e. The van der Waals surface area contributed by atoms with Crippen LogP contribution >= 0.6 is 23.2 Å². The van der Waals surface area contributed by atoms with Crippen LogP contribution in [0.2, 0.25) is 10.0 Å². The molecule has 1 N–H and O–H groups in total. The van der Waals surface area contributed by atoms with E-state index in [2.05, 4.69) is 18.3 Å². The SMILES string of the molecule is CCCCc1cc(Cl)c(Cl)c(CNC2CC2)c1. The van der Waals surface area contributed by atoms with Crippen molar-refractivity contribution in [3.63, 3.8) is 0 Å². The third kappa shape index (κ3) is 3.87. The Kier molecular flexibility index (Phi) is 4.72. The highest BCUT2D eigenvalue weighted by Gasteiger charge is 2.20. The molecule has 1 nitrogen and oxygen atoms in total. The molecule has 1 fully saturated rings. The maximum absolute atomic E-state index is 6.23. The van der Waals surface area contributed by atoms with Crippen molar-refractivity contribution in [3.8, 4) is 0 Å². The number of nitrogens with one attached hydrogen (secondary N) is 1. The first kappa shape index (κ1) is 13.2. The van der Waals surface area contributed by atoms with E-state index in [0.717, 1.165) is 18.5 Å². The summed E-state index contributed by atoms with van der Waals surface area (Å²) in [4.78, 5) is 0. The second-order valence-corrected chi connectivity index (χ2v) is 5.59. The smallest absolute Gasteiger partial charge is 0.0637 e. The minimum absolute atomic E-state index is 0.688. The number of unbranched alkanes of at least 4 members (excludes halogenated alkanes) is 1. The van der Waals surface area contributed by atoms with Gasteiger partial charge in [0.05, 0.1) is 10.0 Å². The molecule has 0 bridgehead atoms. The van der Waals surface area contributed by atoms with Crippen molar-refractivity contribution < 1.29 is 0 Å². The molecule has 3 heteroatoms. The summed E-state index contributed by atoms with van der Waals surface area (Å²) in [5, 5.41) is 4.88. The van der Waals surface area contributed by atoms with Gasteiger partial charge in [-0.1, -0.05) is 42.6 Å². The molecule has 1 aliphatic rings. The summed E-state index contributed by atoms with van der Waals surface area (Å²) in [5.74, 6) is 0. The van der Waals surface area contributed by atoms with Crippen LogP contribution in [0.3, 0.4) is 0 Å². The lowest BCUT2D eigenvalue weighted by Gasteiger charge is -2.10. The van der Waals surface area contributed by atoms with Gasteiger partial charge in [-0.3, -0.25) is 0 Å². The summed E-state index contributed by atoms with van der Waals surface area (Å²) in [7, 11) is 0. The maximum atomic E-state index is 6.23. The Bertz CT molecular complexity index is 386. The minimum atomic E-state index is 0.688. The molecule has 17 heavy (non-hydrogen) atoms. The predicted octanol–water partition coefficient (Wildman–Crippen LogP) is 4.59. The number of hydrogen-bond acceptors (Lipinski definition) is 1. The molecule has 0 amide bonds. The summed E-state index contributed by atoms with van der Waals surface area (Å²) >= 11 is 12.4. The summed E-state index contributed by atoms with van der Waals surface area (Å²) in [5.41, 5.74) is 2.44. The number of aryl methyl sites for hydroxylation is 1. The first-order valence-electron chi connectivity index (χ1n) is 6.41. The average molecular weight is 272 g/mol. The van der Waals surface area contributed by atoms with Gasteiger partial charge in [-0.2, -0.15) is 0 Å². The first-order valence-corrected chi connectivity index (χ1v) is 7.16. The lowest BCUT2D eigenvalue weighted by atomic mass is 10.1. The summed E-state index contributed by atoms with van der Waals surface area (Å²) in [6, 6.07) is 4.89. The van der Waals surface area contributed by atoms with E-state index >= 15 is 0 Å². The standard InChI is InChI=1S/C14H19Cl2N/c1-2-3-4-10-7-11(9-17-12-5-6-12)14(16)13(15)8-10/h7-8,12,17H,2-6,9H2,1H3. The topological polar surface area (TPSA) is 12.0 Å². The zero-order valence-corrected chi connectivity index (χ0v) is 11.7. The Hall–Kier alpha value is -0.240. The van der Waals surface area contributed by atoms with Crippen molar-refractivity contribution in [1.29, 1.82) is 0 Å². The lowest BCUT2D eigenvalue weighted by Crippen LogP contribution is -2.15. The molecular formula is C14H19Cl2N. The molecule has 1 aromatic rings. The van der Waals surface area contributed by atoms with Crippen molar-refractivity contribution in [2.45, 2.75) is 51.6 Å². The number of halogens is 2. The number of rotatable bonds is 6. The molecule has 0 saturated heterocycles. The van der Waals surface area contributed by atoms with Crippen molar-refractivity contribution in [3.05, 3.63) is 33.3 Å². The summed E-state index contributed by atoms with van der Waals surface area (Å²) in [6.45, 7) is 3.04. The number of benzene rings is 1. The second kappa shape index (κ2) is 6.08. The van der Waals surface area contributed by atoms with Gasteiger partial charge in [0.15, 0.2) is 0 Å². The fraction of sp³-hybridized carbons (Fsp3) is 0.571. The predicted molar refractivity (Wildman–Crippen MR) is 74.9 cm³/mol. The largest absolute Gasteiger partial charge is 0.310 e. The molecule has 1 saturated carbocycles. The molecule has 0 spiro atoms. The zero-order valence-electron chi connectivity index (χ0n) is 10.2. The normalized spacial score (nSPS) is 15.2. The van der Waals surface area contributed by atoms with Crippen LogP contribution in [0, 0.1) is 0 Å². The molecular weight excluding hydrogens is 253 g/mol. The van der Waals surface area contributed by atoms with Crippen molar-refractivity contribution in [1.82, 2.24) is 5.32 Å². The van der Waals surface area contributed by atoms with Crippen LogP contribution in [0.15, 0.2) is 12.1 Å². The van der Waals surface area contributed by atoms with Gasteiger partial charge in [-0.15, -0.1) is 0 Å². The van der Waals surface area contributed by atoms with Crippen LogP contribution in [0.25, 0.3) is 0 Å². The van der Waals surface area contributed by atoms with Gasteiger partial charge in [0.25, 0.3) is 0 Å². The van der Waals surface area contributed by atoms with Gasteiger partial charge >= 0.3 is 0 Å². The van der Waals surface area contributed by atoms with E-state index < -0.39 is 0 Å². The third-order valence-corrected chi connectivity index (χ3v) is 3.98. The van der Waals surface area contributed by atoms with Crippen LogP contribution in [-0.2, 0) is 13.0 Å². The number of hydrogen-bond donors (Lipinski definition) is 1. The molecule has 1 aliphatic carbocycles. The molecule has 0 atom stereocenters. The van der Waals surface area contributed by atoms with Gasteiger partial charge in [0, 0.05) is 12.6 Å². The zero-order chi connectivity index (χ0) is 12.3. The molecule has 94 valence electrons. The lowest BCUT2D eigenvalue weighted by molar-refractivity contribution is 0.686. The summed E-state index contributed by atoms with van der Waals surface area (Å²) < 4.78 is 0. The van der Waals surface area contributed by atoms with Gasteiger partial charge in [-0.05, 0) is 42.9 Å². The van der Waals surface area contributed by atoms with Crippen LogP contribution in [0.4, 0.5) is 0 Å². The Morgan fingerprint density at radius 2 is 2.06 bits per heavy atom. The molecule has 0 heterocycles. The Labute approximate surface area is 114 Å². The van der Waals surface area contributed by atoms with Crippen molar-refractivity contribution in [2.75, 3.05) is 0 Å². The highest BCUT2D eigenvalue weighted by atomic mass is 35.5. The van der Waals surface area contributed by atoms with E-state index in [4.69, 9.17) is 23.2 Å². The van der Waals surface area contributed by atoms with Crippen LogP contribution in [-0.4, -0.2) is 6.04 Å². The highest BCUT2D eigenvalue weighted by molar-refractivity contribution is 6.42. The Morgan fingerprint density at radius 3 is 2.71 bits per heavy atom. The van der Waals surface area contributed by atoms with Gasteiger partial charge in [0.2, 0.25) is 0 Å². The van der Waals surface area contributed by atoms with Crippen LogP contribution in [0.1, 0.15) is 43.7 Å². The molecule has 0 aliphatic heterocycles. The molecule has 2 rings (SSSR count). The van der Waals surface area contributed by atoms with Crippen LogP contribution in [0.5, 0.6) is 0 Å². The monoisotopic (exact) mass is 271 g/mol. The molecule has 1 aromatic carbocycles. The van der Waals surface area contributed by atoms with Gasteiger partial charge in [-0.25, -0.2) is 0 Å². The minimum Gasteiger partial charge on any atom is -0.310 e. The fourth-order valence-corrected chi connectivity index (χ4v) is 2.34. The Morgan fingerprint density at radius 1 is 1.29 bits per heavy atom. The van der Waals surface area contributed by atoms with E-state index in [1.54, 1.807) is 0 Å². The van der Waals surface area contributed by atoms with E-state index in [9.17, 15) is 0 Å². The van der Waals surface area contributed by atoms with Crippen molar-refractivity contribution >= 4 is 23.2 Å².